The molecular formula is C80H95F3IN21O. The van der Waals surface area contributed by atoms with Crippen molar-refractivity contribution in [2.45, 2.75) is 83.8 Å². The third-order valence-corrected chi connectivity index (χ3v) is 23.5. The van der Waals surface area contributed by atoms with Crippen LogP contribution < -0.4 is 38.7 Å². The highest BCUT2D eigenvalue weighted by Gasteiger charge is 2.34. The predicted octanol–water partition coefficient (Wildman–Crippen LogP) is 8.38. The molecule has 22 nitrogen and oxygen atoms in total. The maximum absolute atomic E-state index is 14.1. The Labute approximate surface area is 633 Å². The average Bonchev–Trinajstić information content (AvgIpc) is 1.76. The zero-order valence-corrected chi connectivity index (χ0v) is 64.0. The Hall–Kier alpha value is -8.61. The summed E-state index contributed by atoms with van der Waals surface area (Å²) in [6.45, 7) is 24.2. The molecule has 0 saturated carbocycles. The molecule has 106 heavy (non-hydrogen) atoms. The van der Waals surface area contributed by atoms with Gasteiger partial charge in [-0.05, 0) is 156 Å². The molecule has 6 saturated heterocycles. The van der Waals surface area contributed by atoms with Gasteiger partial charge in [-0.2, -0.15) is 15.3 Å². The number of likely N-dealkylation sites (N-methyl/N-ethyl adjacent to an activating group) is 3. The van der Waals surface area contributed by atoms with Gasteiger partial charge in [0.2, 0.25) is 0 Å². The van der Waals surface area contributed by atoms with Crippen molar-refractivity contribution in [3.05, 3.63) is 168 Å². The van der Waals surface area contributed by atoms with Gasteiger partial charge in [0, 0.05) is 166 Å². The Morgan fingerprint density at radius 3 is 1.07 bits per heavy atom. The van der Waals surface area contributed by atoms with Crippen molar-refractivity contribution < 1.29 is 46.3 Å². The maximum atomic E-state index is 14.1. The lowest BCUT2D eigenvalue weighted by molar-refractivity contribution is -0.894. The number of hydrogen-bond donors (Lipinski definition) is 0. The molecular weight excluding hydrogens is 1450 g/mol. The summed E-state index contributed by atoms with van der Waals surface area (Å²) >= 11 is 0. The van der Waals surface area contributed by atoms with Crippen LogP contribution in [0, 0.1) is 43.4 Å². The molecule has 0 unspecified atom stereocenters. The summed E-state index contributed by atoms with van der Waals surface area (Å²) in [6.07, 6.45) is 30.9. The maximum Gasteiger partial charge on any atom is 0.162 e. The molecule has 6 fully saturated rings. The van der Waals surface area contributed by atoms with E-state index in [0.717, 1.165) is 153 Å². The quantitative estimate of drug-likeness (QED) is 0.0765. The number of rotatable bonds is 9. The minimum absolute atomic E-state index is 0. The van der Waals surface area contributed by atoms with Gasteiger partial charge in [0.1, 0.15) is 17.5 Å². The number of nitrogens with zero attached hydrogens (tertiary/aromatic N) is 21. The fraction of sp³-hybridized carbons (Fsp3) is 0.438. The van der Waals surface area contributed by atoms with E-state index in [0.29, 0.717) is 64.5 Å². The SMILES string of the molecule is Cc1cc2c(-c3cnn4cc(N5CCC(N6CCCN(C)CC6)CC5)cnc34)ccnc2cc1F.Cc1cc2c(-c3cnn4cc(N5CCC(N6CC[N+](C)(C)CC6)CC5)cnc34)ccnc2cc1F.Cc1cc2c(-c3cnn4cc(N5CCC(N6CC[N+](C)([O-])CC6)CC5)cnc34)ccnc2cc1F.[I-]. The third kappa shape index (κ3) is 15.2. The number of quaternary nitrogens is 2. The number of piperidine rings is 3. The largest absolute Gasteiger partial charge is 1.00 e. The van der Waals surface area contributed by atoms with Crippen LogP contribution in [0.5, 0.6) is 0 Å². The van der Waals surface area contributed by atoms with Crippen LogP contribution in [-0.2, 0) is 0 Å². The van der Waals surface area contributed by atoms with Crippen molar-refractivity contribution in [1.29, 1.82) is 0 Å². The van der Waals surface area contributed by atoms with E-state index < -0.39 is 0 Å². The van der Waals surface area contributed by atoms with Crippen LogP contribution in [-0.4, -0.2) is 252 Å². The molecule has 0 bridgehead atoms. The van der Waals surface area contributed by atoms with E-state index in [1.165, 1.54) is 103 Å². The van der Waals surface area contributed by atoms with Crippen molar-refractivity contribution in [1.82, 2.24) is 78.3 Å². The van der Waals surface area contributed by atoms with E-state index in [-0.39, 0.29) is 46.1 Å². The minimum Gasteiger partial charge on any atom is -1.00 e. The number of pyridine rings is 3. The first-order valence-corrected chi connectivity index (χ1v) is 37.5. The normalized spacial score (nSPS) is 19.2. The van der Waals surface area contributed by atoms with Crippen LogP contribution in [0.4, 0.5) is 30.2 Å². The highest BCUT2D eigenvalue weighted by atomic mass is 127. The van der Waals surface area contributed by atoms with E-state index in [1.54, 1.807) is 46.4 Å². The van der Waals surface area contributed by atoms with Gasteiger partial charge in [-0.25, -0.2) is 41.7 Å². The summed E-state index contributed by atoms with van der Waals surface area (Å²) in [5.74, 6) is -0.731. The van der Waals surface area contributed by atoms with Crippen LogP contribution in [0.3, 0.4) is 0 Å². The topological polar surface area (TPSA) is 175 Å². The predicted molar refractivity (Wildman–Crippen MR) is 409 cm³/mol. The van der Waals surface area contributed by atoms with Gasteiger partial charge < -0.3 is 57.9 Å². The second-order valence-electron chi connectivity index (χ2n) is 30.9. The zero-order valence-electron chi connectivity index (χ0n) is 61.8. The minimum atomic E-state index is -0.253. The molecule has 12 aromatic rings. The number of aryl methyl sites for hydroxylation is 3. The number of benzene rings is 3. The van der Waals surface area contributed by atoms with E-state index in [1.807, 2.05) is 93.3 Å². The summed E-state index contributed by atoms with van der Waals surface area (Å²) in [5, 5.41) is 28.7. The Balaban J connectivity index is 0.000000127. The molecule has 18 rings (SSSR count). The molecule has 554 valence electrons. The number of hydrogen-bond acceptors (Lipinski definition) is 17. The number of hydroxylamine groups is 3. The lowest BCUT2D eigenvalue weighted by Gasteiger charge is -2.48. The first kappa shape index (κ1) is 72.9. The second-order valence-corrected chi connectivity index (χ2v) is 30.9. The van der Waals surface area contributed by atoms with Crippen molar-refractivity contribution in [3.63, 3.8) is 0 Å². The van der Waals surface area contributed by atoms with Crippen LogP contribution in [0.1, 0.15) is 61.6 Å². The number of fused-ring (bicyclic) bond motifs is 6. The van der Waals surface area contributed by atoms with E-state index in [2.05, 4.69) is 98.1 Å². The molecule has 0 amide bonds. The molecule has 9 aromatic heterocycles. The molecule has 15 heterocycles. The van der Waals surface area contributed by atoms with Crippen LogP contribution in [0.25, 0.3) is 83.0 Å². The number of halogens is 4. The van der Waals surface area contributed by atoms with E-state index in [9.17, 15) is 18.4 Å². The summed E-state index contributed by atoms with van der Waals surface area (Å²) in [4.78, 5) is 45.1. The molecule has 3 aromatic carbocycles. The first-order valence-electron chi connectivity index (χ1n) is 37.5. The van der Waals surface area contributed by atoms with Gasteiger partial charge in [-0.15, -0.1) is 0 Å². The molecule has 0 radical (unpaired) electrons. The molecule has 0 aliphatic carbocycles. The molecule has 0 N–H and O–H groups in total. The fourth-order valence-corrected chi connectivity index (χ4v) is 16.7. The standard InChI is InChI=1S/C27H33FN7.C27H32FN7.C26H30FN7O.HI/c1-19-14-23-22(4-7-29-26(23)15-25(19)28)24-17-31-34-18-21(16-30-27(24)34)32-8-5-20(6-9-32)33-10-12-35(2,3)13-11-33;1-19-14-23-22(4-7-29-26(23)15-25(19)28)24-17-31-35-18-21(16-30-27(24)35)34-10-5-20(6-11-34)33-9-3-8-32(2)12-13-33;1-18-13-22-21(3-6-28-25(22)14-24(18)27)23-16-30-33-17-20(15-29-26(23)33)31-7-4-19(5-8-31)32-9-11-34(2,35)12-10-32;/h4,7,14-18,20H,5-6,8-13H2,1-3H3;4,7,14-18,20H,3,5-6,8-13H2,1-2H3;3,6,13-17,19H,4-5,7-12H2,1-2H3;1H/q+1;;;/p-1. The zero-order chi connectivity index (χ0) is 72.3. The molecule has 6 aliphatic heterocycles. The second kappa shape index (κ2) is 30.6. The lowest BCUT2D eigenvalue weighted by atomic mass is 10.0. The van der Waals surface area contributed by atoms with Crippen molar-refractivity contribution in [2.75, 3.05) is 161 Å². The van der Waals surface area contributed by atoms with Gasteiger partial charge >= 0.3 is 0 Å². The van der Waals surface area contributed by atoms with Gasteiger partial charge in [-0.3, -0.25) is 29.7 Å². The molecule has 0 atom stereocenters. The highest BCUT2D eigenvalue weighted by molar-refractivity contribution is 6.00. The van der Waals surface area contributed by atoms with Crippen LogP contribution in [0.2, 0.25) is 0 Å². The molecule has 26 heteroatoms. The van der Waals surface area contributed by atoms with Gasteiger partial charge in [0.05, 0.1) is 137 Å². The number of aromatic nitrogens is 12. The van der Waals surface area contributed by atoms with Gasteiger partial charge in [0.25, 0.3) is 0 Å². The smallest absolute Gasteiger partial charge is 0.162 e. The molecule has 6 aliphatic rings. The van der Waals surface area contributed by atoms with E-state index >= 15 is 0 Å². The summed E-state index contributed by atoms with van der Waals surface area (Å²) in [7, 11) is 8.68. The first-order chi connectivity index (χ1) is 50.8. The summed E-state index contributed by atoms with van der Waals surface area (Å²) < 4.78 is 48.8. The summed E-state index contributed by atoms with van der Waals surface area (Å²) in [5.41, 5.74) is 15.0. The highest BCUT2D eigenvalue weighted by Crippen LogP contribution is 2.37. The lowest BCUT2D eigenvalue weighted by Crippen LogP contribution is -3.00. The van der Waals surface area contributed by atoms with Crippen LogP contribution >= 0.6 is 0 Å². The Morgan fingerprint density at radius 1 is 0.387 bits per heavy atom. The van der Waals surface area contributed by atoms with Crippen molar-refractivity contribution >= 4 is 66.7 Å². The van der Waals surface area contributed by atoms with Crippen LogP contribution in [0.15, 0.2) is 129 Å². The third-order valence-electron chi connectivity index (χ3n) is 23.5. The Bertz CT molecular complexity index is 4920. The summed E-state index contributed by atoms with van der Waals surface area (Å²) in [6, 6.07) is 17.8. The number of anilines is 3. The Morgan fingerprint density at radius 2 is 0.717 bits per heavy atom. The monoisotopic (exact) mass is 1550 g/mol. The number of piperazine rings is 2. The Kier molecular flexibility index (Phi) is 21.0. The van der Waals surface area contributed by atoms with Crippen molar-refractivity contribution in [3.8, 4) is 33.4 Å². The van der Waals surface area contributed by atoms with Gasteiger partial charge in [0.15, 0.2) is 16.9 Å². The van der Waals surface area contributed by atoms with Crippen molar-refractivity contribution in [2.24, 2.45) is 0 Å². The average molecular weight is 1550 g/mol. The fourth-order valence-electron chi connectivity index (χ4n) is 16.7. The van der Waals surface area contributed by atoms with Gasteiger partial charge in [-0.1, -0.05) is 0 Å². The van der Waals surface area contributed by atoms with E-state index in [4.69, 9.17) is 15.0 Å². The molecule has 0 spiro atoms.